The molecule has 15 heavy (non-hydrogen) atoms. The van der Waals surface area contributed by atoms with E-state index in [4.69, 9.17) is 0 Å². The van der Waals surface area contributed by atoms with E-state index in [1.54, 1.807) is 0 Å². The van der Waals surface area contributed by atoms with E-state index in [1.165, 1.54) is 0 Å². The van der Waals surface area contributed by atoms with E-state index < -0.39 is 5.97 Å². The van der Waals surface area contributed by atoms with Crippen molar-refractivity contribution in [3.05, 3.63) is 0 Å². The second kappa shape index (κ2) is 5.89. The Labute approximate surface area is 90.9 Å². The Morgan fingerprint density at radius 1 is 1.47 bits per heavy atom. The van der Waals surface area contributed by atoms with Crippen molar-refractivity contribution in [2.45, 2.75) is 51.9 Å². The molecule has 2 unspecified atom stereocenters. The first kappa shape index (κ1) is 12.2. The third-order valence-corrected chi connectivity index (χ3v) is 3.29. The molecule has 0 heterocycles. The van der Waals surface area contributed by atoms with Gasteiger partial charge in [0.25, 0.3) is 0 Å². The zero-order valence-electron chi connectivity index (χ0n) is 9.33. The summed E-state index contributed by atoms with van der Waals surface area (Å²) in [6.07, 6.45) is 5.52. The number of carboxylic acid groups (broad SMARTS) is 1. The molecule has 0 saturated heterocycles. The molecule has 1 saturated carbocycles. The number of ketones is 1. The molecule has 3 nitrogen and oxygen atoms in total. The van der Waals surface area contributed by atoms with Crippen LogP contribution in [-0.4, -0.2) is 11.8 Å². The zero-order chi connectivity index (χ0) is 11.3. The summed E-state index contributed by atoms with van der Waals surface area (Å²) in [7, 11) is 0. The third kappa shape index (κ3) is 3.65. The molecule has 0 aliphatic heterocycles. The fourth-order valence-corrected chi connectivity index (χ4v) is 2.45. The number of carboxylic acids is 1. The Morgan fingerprint density at radius 2 is 2.20 bits per heavy atom. The van der Waals surface area contributed by atoms with Crippen molar-refractivity contribution < 1.29 is 14.7 Å². The molecule has 0 aromatic carbocycles. The van der Waals surface area contributed by atoms with Gasteiger partial charge in [-0.1, -0.05) is 26.2 Å². The predicted octanol–water partition coefficient (Wildman–Crippen LogP) is 1.30. The van der Waals surface area contributed by atoms with Gasteiger partial charge in [0.1, 0.15) is 5.78 Å². The summed E-state index contributed by atoms with van der Waals surface area (Å²) in [5.74, 6) is -0.721. The van der Waals surface area contributed by atoms with Crippen LogP contribution in [0.25, 0.3) is 0 Å². The number of carbonyl (C=O) groups excluding carboxylic acids is 2. The van der Waals surface area contributed by atoms with Crippen LogP contribution in [-0.2, 0) is 9.59 Å². The maximum Gasteiger partial charge on any atom is 0.136 e. The Bertz CT molecular complexity index is 235. The number of hydrogen-bond acceptors (Lipinski definition) is 3. The van der Waals surface area contributed by atoms with Crippen LogP contribution >= 0.6 is 0 Å². The van der Waals surface area contributed by atoms with Gasteiger partial charge in [-0.2, -0.15) is 0 Å². The lowest BCUT2D eigenvalue weighted by Gasteiger charge is -2.18. The average Bonchev–Trinajstić information content (AvgIpc) is 2.49. The van der Waals surface area contributed by atoms with Crippen molar-refractivity contribution in [2.24, 2.45) is 11.8 Å². The lowest BCUT2D eigenvalue weighted by Crippen LogP contribution is -2.27. The number of aliphatic carboxylic acids is 1. The molecule has 0 radical (unpaired) electrons. The first-order chi connectivity index (χ1) is 7.15. The molecule has 3 heteroatoms. The van der Waals surface area contributed by atoms with Crippen LogP contribution in [0.15, 0.2) is 0 Å². The van der Waals surface area contributed by atoms with Crippen LogP contribution in [0.5, 0.6) is 0 Å². The van der Waals surface area contributed by atoms with E-state index in [-0.39, 0.29) is 24.0 Å². The fourth-order valence-electron chi connectivity index (χ4n) is 2.45. The predicted molar refractivity (Wildman–Crippen MR) is 55.0 cm³/mol. The first-order valence-corrected chi connectivity index (χ1v) is 5.87. The molecule has 1 rings (SSSR count). The van der Waals surface area contributed by atoms with Gasteiger partial charge in [0.05, 0.1) is 0 Å². The minimum atomic E-state index is -1.02. The van der Waals surface area contributed by atoms with E-state index in [2.05, 4.69) is 6.92 Å². The van der Waals surface area contributed by atoms with E-state index in [0.717, 1.165) is 32.1 Å². The van der Waals surface area contributed by atoms with Gasteiger partial charge in [-0.15, -0.1) is 0 Å². The van der Waals surface area contributed by atoms with Crippen molar-refractivity contribution in [3.63, 3.8) is 0 Å². The number of rotatable bonds is 6. The molecular formula is C12H19O3-. The molecular weight excluding hydrogens is 192 g/mol. The summed E-state index contributed by atoms with van der Waals surface area (Å²) in [5.41, 5.74) is 0. The quantitative estimate of drug-likeness (QED) is 0.622. The molecule has 0 aromatic rings. The molecule has 1 aliphatic carbocycles. The van der Waals surface area contributed by atoms with Gasteiger partial charge >= 0.3 is 0 Å². The Hall–Kier alpha value is -0.860. The second-order valence-corrected chi connectivity index (χ2v) is 4.44. The normalized spacial score (nSPS) is 25.8. The molecule has 86 valence electrons. The van der Waals surface area contributed by atoms with Gasteiger partial charge in [-0.25, -0.2) is 0 Å². The summed E-state index contributed by atoms with van der Waals surface area (Å²) >= 11 is 0. The highest BCUT2D eigenvalue weighted by Crippen LogP contribution is 2.34. The second-order valence-electron chi connectivity index (χ2n) is 4.44. The minimum Gasteiger partial charge on any atom is -0.550 e. The van der Waals surface area contributed by atoms with Crippen LogP contribution in [0.2, 0.25) is 0 Å². The van der Waals surface area contributed by atoms with E-state index in [9.17, 15) is 14.7 Å². The van der Waals surface area contributed by atoms with Crippen molar-refractivity contribution in [3.8, 4) is 0 Å². The van der Waals surface area contributed by atoms with Crippen LogP contribution in [0, 0.1) is 11.8 Å². The lowest BCUT2D eigenvalue weighted by atomic mass is 9.88. The van der Waals surface area contributed by atoms with Crippen LogP contribution in [0.1, 0.15) is 51.9 Å². The minimum absolute atomic E-state index is 0.00514. The monoisotopic (exact) mass is 211 g/mol. The topological polar surface area (TPSA) is 57.2 Å². The highest BCUT2D eigenvalue weighted by atomic mass is 16.4. The summed E-state index contributed by atoms with van der Waals surface area (Å²) in [5, 5.41) is 10.5. The highest BCUT2D eigenvalue weighted by Gasteiger charge is 2.33. The summed E-state index contributed by atoms with van der Waals surface area (Å²) in [6, 6.07) is 0. The Morgan fingerprint density at radius 3 is 2.80 bits per heavy atom. The van der Waals surface area contributed by atoms with Crippen molar-refractivity contribution in [2.75, 3.05) is 0 Å². The Balaban J connectivity index is 2.41. The van der Waals surface area contributed by atoms with Gasteiger partial charge in [0.2, 0.25) is 0 Å². The largest absolute Gasteiger partial charge is 0.550 e. The van der Waals surface area contributed by atoms with Crippen molar-refractivity contribution in [1.82, 2.24) is 0 Å². The smallest absolute Gasteiger partial charge is 0.136 e. The number of unbranched alkanes of at least 4 members (excludes halogenated alkanes) is 2. The molecule has 2 atom stereocenters. The number of carbonyl (C=O) groups is 2. The zero-order valence-corrected chi connectivity index (χ0v) is 9.33. The Kier molecular flexibility index (Phi) is 4.79. The van der Waals surface area contributed by atoms with Crippen LogP contribution in [0.4, 0.5) is 0 Å². The van der Waals surface area contributed by atoms with Gasteiger partial charge in [-0.05, 0) is 25.2 Å². The summed E-state index contributed by atoms with van der Waals surface area (Å²) in [6.45, 7) is 2.12. The molecule has 0 N–H and O–H groups in total. The van der Waals surface area contributed by atoms with Gasteiger partial charge in [-0.3, -0.25) is 4.79 Å². The van der Waals surface area contributed by atoms with Gasteiger partial charge in [0.15, 0.2) is 0 Å². The molecule has 0 bridgehead atoms. The van der Waals surface area contributed by atoms with E-state index in [0.29, 0.717) is 6.42 Å². The SMILES string of the molecule is CCCCCC1C(=O)CCC1CC(=O)[O-]. The standard InChI is InChI=1S/C12H20O3/c1-2-3-4-5-10-9(8-12(14)15)6-7-11(10)13/h9-10H,2-8H2,1H3,(H,14,15)/p-1. The third-order valence-electron chi connectivity index (χ3n) is 3.29. The molecule has 1 fully saturated rings. The van der Waals surface area contributed by atoms with Crippen molar-refractivity contribution >= 4 is 11.8 Å². The maximum atomic E-state index is 11.5. The van der Waals surface area contributed by atoms with Gasteiger partial charge < -0.3 is 9.90 Å². The average molecular weight is 211 g/mol. The highest BCUT2D eigenvalue weighted by molar-refractivity contribution is 5.84. The van der Waals surface area contributed by atoms with Gasteiger partial charge in [0, 0.05) is 18.3 Å². The molecule has 0 aromatic heterocycles. The van der Waals surface area contributed by atoms with E-state index in [1.807, 2.05) is 0 Å². The molecule has 0 amide bonds. The molecule has 0 spiro atoms. The number of Topliss-reactive ketones (excluding diaryl/α,β-unsaturated/α-hetero) is 1. The first-order valence-electron chi connectivity index (χ1n) is 5.87. The van der Waals surface area contributed by atoms with E-state index >= 15 is 0 Å². The summed E-state index contributed by atoms with van der Waals surface area (Å²) < 4.78 is 0. The van der Waals surface area contributed by atoms with Crippen molar-refractivity contribution in [1.29, 1.82) is 0 Å². The fraction of sp³-hybridized carbons (Fsp3) is 0.833. The lowest BCUT2D eigenvalue weighted by molar-refractivity contribution is -0.307. The number of hydrogen-bond donors (Lipinski definition) is 0. The van der Waals surface area contributed by atoms with Crippen LogP contribution < -0.4 is 5.11 Å². The van der Waals surface area contributed by atoms with Crippen LogP contribution in [0.3, 0.4) is 0 Å². The summed E-state index contributed by atoms with van der Waals surface area (Å²) in [4.78, 5) is 22.1. The maximum absolute atomic E-state index is 11.5. The molecule has 1 aliphatic rings.